The molecule has 10 heteroatoms. The topological polar surface area (TPSA) is 95.6 Å². The lowest BCUT2D eigenvalue weighted by Crippen LogP contribution is -2.38. The summed E-state index contributed by atoms with van der Waals surface area (Å²) in [4.78, 5) is -0.201. The number of benzene rings is 1. The van der Waals surface area contributed by atoms with Crippen molar-refractivity contribution in [3.63, 3.8) is 0 Å². The fourth-order valence-corrected chi connectivity index (χ4v) is 5.08. The minimum absolute atomic E-state index is 0.135. The zero-order valence-corrected chi connectivity index (χ0v) is 15.3. The summed E-state index contributed by atoms with van der Waals surface area (Å²) < 4.78 is 66.1. The van der Waals surface area contributed by atoms with Crippen LogP contribution < -0.4 is 10.0 Å². The Morgan fingerprint density at radius 1 is 1.33 bits per heavy atom. The third-order valence-corrected chi connectivity index (χ3v) is 7.29. The quantitative estimate of drug-likeness (QED) is 0.736. The van der Waals surface area contributed by atoms with Gasteiger partial charge in [-0.15, -0.1) is 0 Å². The maximum absolute atomic E-state index is 14.2. The normalized spacial score (nSPS) is 18.9. The van der Waals surface area contributed by atoms with E-state index in [9.17, 15) is 21.2 Å². The van der Waals surface area contributed by atoms with Gasteiger partial charge in [0, 0.05) is 19.6 Å². The van der Waals surface area contributed by atoms with E-state index < -0.39 is 25.9 Å². The van der Waals surface area contributed by atoms with Crippen molar-refractivity contribution in [1.82, 2.24) is 9.62 Å². The van der Waals surface area contributed by atoms with Gasteiger partial charge in [0.05, 0.1) is 16.3 Å². The molecular weight excluding hydrogens is 357 g/mol. The van der Waals surface area contributed by atoms with E-state index in [-0.39, 0.29) is 22.4 Å². The predicted molar refractivity (Wildman–Crippen MR) is 90.3 cm³/mol. The van der Waals surface area contributed by atoms with Crippen LogP contribution in [0.15, 0.2) is 23.1 Å². The van der Waals surface area contributed by atoms with E-state index in [0.717, 1.165) is 18.7 Å². The number of hydrogen-bond donors (Lipinski definition) is 2. The van der Waals surface area contributed by atoms with Gasteiger partial charge in [0.2, 0.25) is 20.0 Å². The Bertz CT molecular complexity index is 790. The molecule has 1 aliphatic rings. The molecule has 136 valence electrons. The first kappa shape index (κ1) is 19.1. The highest BCUT2D eigenvalue weighted by Crippen LogP contribution is 2.24. The molecule has 1 heterocycles. The van der Waals surface area contributed by atoms with Crippen molar-refractivity contribution in [3.8, 4) is 0 Å². The van der Waals surface area contributed by atoms with E-state index in [1.807, 2.05) is 0 Å². The minimum Gasteiger partial charge on any atom is -0.315 e. The maximum atomic E-state index is 14.2. The molecule has 7 nitrogen and oxygen atoms in total. The largest absolute Gasteiger partial charge is 0.315 e. The summed E-state index contributed by atoms with van der Waals surface area (Å²) in [5, 5.41) is 3.08. The van der Waals surface area contributed by atoms with Crippen LogP contribution in [0.2, 0.25) is 0 Å². The van der Waals surface area contributed by atoms with E-state index in [4.69, 9.17) is 0 Å². The van der Waals surface area contributed by atoms with Gasteiger partial charge in [-0.25, -0.2) is 21.2 Å². The first-order valence-corrected chi connectivity index (χ1v) is 10.8. The van der Waals surface area contributed by atoms with Crippen molar-refractivity contribution < 1.29 is 21.2 Å². The number of likely N-dealkylation sites (N-methyl/N-ethyl adjacent to an activating group) is 1. The number of nitrogens with one attached hydrogen (secondary N) is 2. The van der Waals surface area contributed by atoms with E-state index in [0.29, 0.717) is 19.4 Å². The summed E-state index contributed by atoms with van der Waals surface area (Å²) in [6.07, 6.45) is 1.08. The van der Waals surface area contributed by atoms with Crippen molar-refractivity contribution in [1.29, 1.82) is 0 Å². The number of hydrogen-bond acceptors (Lipinski definition) is 5. The smallest absolute Gasteiger partial charge is 0.243 e. The molecule has 1 aromatic rings. The summed E-state index contributed by atoms with van der Waals surface area (Å²) in [5.74, 6) is -1.06. The van der Waals surface area contributed by atoms with E-state index in [2.05, 4.69) is 10.0 Å². The highest BCUT2D eigenvalue weighted by Gasteiger charge is 2.30. The maximum Gasteiger partial charge on any atom is 0.243 e. The Morgan fingerprint density at radius 3 is 2.58 bits per heavy atom. The van der Waals surface area contributed by atoms with Gasteiger partial charge in [-0.05, 0) is 37.6 Å². The van der Waals surface area contributed by atoms with Crippen LogP contribution in [0, 0.1) is 5.82 Å². The first-order valence-electron chi connectivity index (χ1n) is 7.66. The van der Waals surface area contributed by atoms with E-state index in [1.165, 1.54) is 17.4 Å². The molecule has 24 heavy (non-hydrogen) atoms. The van der Waals surface area contributed by atoms with Crippen LogP contribution in [-0.4, -0.2) is 53.1 Å². The third kappa shape index (κ3) is 4.24. The van der Waals surface area contributed by atoms with Gasteiger partial charge in [-0.1, -0.05) is 6.92 Å². The zero-order chi connectivity index (χ0) is 18.0. The van der Waals surface area contributed by atoms with Crippen LogP contribution in [-0.2, 0) is 20.0 Å². The predicted octanol–water partition coefficient (Wildman–Crippen LogP) is 0.960. The highest BCUT2D eigenvalue weighted by molar-refractivity contribution is 7.92. The van der Waals surface area contributed by atoms with Crippen molar-refractivity contribution in [2.24, 2.45) is 0 Å². The fourth-order valence-electron chi connectivity index (χ4n) is 2.54. The second-order valence-corrected chi connectivity index (χ2v) is 9.57. The molecule has 1 fully saturated rings. The second-order valence-electron chi connectivity index (χ2n) is 5.73. The Labute approximate surface area is 142 Å². The van der Waals surface area contributed by atoms with E-state index >= 15 is 0 Å². The van der Waals surface area contributed by atoms with Crippen LogP contribution >= 0.6 is 0 Å². The van der Waals surface area contributed by atoms with Gasteiger partial charge in [0.15, 0.2) is 0 Å². The van der Waals surface area contributed by atoms with Gasteiger partial charge in [-0.2, -0.15) is 4.31 Å². The van der Waals surface area contributed by atoms with Crippen LogP contribution in [0.25, 0.3) is 0 Å². The molecule has 1 aliphatic heterocycles. The number of halogens is 1. The lowest BCUT2D eigenvalue weighted by atomic mass is 10.3. The van der Waals surface area contributed by atoms with Gasteiger partial charge >= 0.3 is 0 Å². The van der Waals surface area contributed by atoms with Crippen LogP contribution in [0.3, 0.4) is 0 Å². The number of nitrogens with zero attached hydrogens (tertiary/aromatic N) is 1. The Morgan fingerprint density at radius 2 is 2.04 bits per heavy atom. The van der Waals surface area contributed by atoms with Crippen molar-refractivity contribution >= 4 is 25.7 Å². The lowest BCUT2D eigenvalue weighted by Gasteiger charge is -2.23. The average molecular weight is 379 g/mol. The van der Waals surface area contributed by atoms with Crippen LogP contribution in [0.4, 0.5) is 10.1 Å². The number of sulfonamides is 2. The monoisotopic (exact) mass is 379 g/mol. The fraction of sp³-hybridized carbons (Fsp3) is 0.571. The molecule has 2 N–H and O–H groups in total. The third-order valence-electron chi connectivity index (χ3n) is 3.90. The van der Waals surface area contributed by atoms with Crippen LogP contribution in [0.1, 0.15) is 19.8 Å². The molecule has 0 aliphatic carbocycles. The zero-order valence-electron chi connectivity index (χ0n) is 13.6. The van der Waals surface area contributed by atoms with Gasteiger partial charge < -0.3 is 5.32 Å². The highest BCUT2D eigenvalue weighted by atomic mass is 32.2. The average Bonchev–Trinajstić information content (AvgIpc) is 3.02. The molecular formula is C14H22FN3O4S2. The molecule has 1 unspecified atom stereocenters. The summed E-state index contributed by atoms with van der Waals surface area (Å²) in [6.45, 7) is 2.98. The Hall–Kier alpha value is -1.23. The minimum atomic E-state index is -3.84. The molecule has 1 atom stereocenters. The second kappa shape index (κ2) is 7.34. The Kier molecular flexibility index (Phi) is 5.84. The van der Waals surface area contributed by atoms with Gasteiger partial charge in [-0.3, -0.25) is 4.72 Å². The molecule has 1 saturated heterocycles. The van der Waals surface area contributed by atoms with Gasteiger partial charge in [0.25, 0.3) is 0 Å². The van der Waals surface area contributed by atoms with Crippen LogP contribution in [0.5, 0.6) is 0 Å². The summed E-state index contributed by atoms with van der Waals surface area (Å²) in [7, 11) is -6.02. The molecule has 1 aromatic carbocycles. The van der Waals surface area contributed by atoms with E-state index in [1.54, 1.807) is 6.92 Å². The van der Waals surface area contributed by atoms with Gasteiger partial charge in [0.1, 0.15) is 5.82 Å². The summed E-state index contributed by atoms with van der Waals surface area (Å²) in [5.41, 5.74) is -0.257. The molecule has 0 radical (unpaired) electrons. The summed E-state index contributed by atoms with van der Waals surface area (Å²) in [6, 6.07) is 3.01. The molecule has 0 spiro atoms. The molecule has 0 aromatic heterocycles. The number of rotatable bonds is 7. The Balaban J connectivity index is 2.25. The van der Waals surface area contributed by atoms with Crippen molar-refractivity contribution in [2.75, 3.05) is 30.6 Å². The lowest BCUT2D eigenvalue weighted by molar-refractivity contribution is 0.387. The molecule has 2 rings (SSSR count). The number of anilines is 1. The molecule has 0 saturated carbocycles. The SMILES string of the molecule is CCCS(=O)(=O)Nc1ccc(S(=O)(=O)N(C)C2CCNC2)cc1F. The molecule has 0 bridgehead atoms. The standard InChI is InChI=1S/C14H22FN3O4S2/c1-3-8-23(19,20)17-14-5-4-12(9-13(14)15)24(21,22)18(2)11-6-7-16-10-11/h4-5,9,11,16-17H,3,6-8,10H2,1-2H3. The van der Waals surface area contributed by atoms with Crippen molar-refractivity contribution in [3.05, 3.63) is 24.0 Å². The van der Waals surface area contributed by atoms with Crippen molar-refractivity contribution in [2.45, 2.75) is 30.7 Å². The summed E-state index contributed by atoms with van der Waals surface area (Å²) >= 11 is 0. The first-order chi connectivity index (χ1) is 11.2. The molecule has 0 amide bonds.